The number of hydrogen-bond donors (Lipinski definition) is 2. The van der Waals surface area contributed by atoms with Gasteiger partial charge >= 0.3 is 5.97 Å². The number of amides is 1. The van der Waals surface area contributed by atoms with E-state index in [1.807, 2.05) is 48.7 Å². The third-order valence-corrected chi connectivity index (χ3v) is 8.00. The van der Waals surface area contributed by atoms with Crippen LogP contribution in [-0.4, -0.2) is 22.0 Å². The molecular weight excluding hydrogens is 496 g/mol. The average Bonchev–Trinajstić information content (AvgIpc) is 2.93. The molecule has 1 aliphatic rings. The van der Waals surface area contributed by atoms with Gasteiger partial charge in [-0.1, -0.05) is 54.1 Å². The number of carbonyl (C=O) groups excluding carboxylic acids is 1. The van der Waals surface area contributed by atoms with Crippen LogP contribution < -0.4 is 5.32 Å². The molecule has 194 valence electrons. The Morgan fingerprint density at radius 3 is 2.29 bits per heavy atom. The number of aliphatic carboxylic acids is 1. The van der Waals surface area contributed by atoms with Crippen molar-refractivity contribution in [2.45, 2.75) is 44.4 Å². The van der Waals surface area contributed by atoms with Crippen LogP contribution in [-0.2, 0) is 22.4 Å². The molecule has 2 N–H and O–H groups in total. The van der Waals surface area contributed by atoms with E-state index in [1.54, 1.807) is 12.1 Å². The molecule has 1 atom stereocenters. The number of nitrogens with zero attached hydrogens (tertiary/aromatic N) is 1. The van der Waals surface area contributed by atoms with Crippen molar-refractivity contribution in [2.24, 2.45) is 11.8 Å². The van der Waals surface area contributed by atoms with E-state index in [2.05, 4.69) is 34.6 Å². The second kappa shape index (κ2) is 11.8. The maximum Gasteiger partial charge on any atom is 0.307 e. The zero-order valence-corrected chi connectivity index (χ0v) is 21.9. The lowest BCUT2D eigenvalue weighted by Crippen LogP contribution is -2.33. The fraction of sp³-hybridized carbons (Fsp3) is 0.281. The van der Waals surface area contributed by atoms with Gasteiger partial charge < -0.3 is 10.4 Å². The fourth-order valence-electron chi connectivity index (χ4n) is 5.77. The Labute approximate surface area is 227 Å². The number of rotatable bonds is 8. The van der Waals surface area contributed by atoms with Crippen molar-refractivity contribution in [1.29, 1.82) is 0 Å². The topological polar surface area (TPSA) is 79.3 Å². The van der Waals surface area contributed by atoms with Crippen molar-refractivity contribution < 1.29 is 14.7 Å². The molecule has 5 rings (SSSR count). The minimum Gasteiger partial charge on any atom is -0.481 e. The SMILES string of the molecule is O=C(O)Cc1ccc(C[C@@H](C(=O)Nc2ccc(Cl)cc2)[C@H]2CC[C@H](c3ccnc4ccccc43)CC2)cc1. The first kappa shape index (κ1) is 25.9. The van der Waals surface area contributed by atoms with Crippen LogP contribution in [0.15, 0.2) is 85.1 Å². The second-order valence-corrected chi connectivity index (χ2v) is 10.7. The van der Waals surface area contributed by atoms with E-state index < -0.39 is 5.97 Å². The normalized spacial score (nSPS) is 18.1. The first-order valence-corrected chi connectivity index (χ1v) is 13.5. The molecule has 1 aliphatic carbocycles. The lowest BCUT2D eigenvalue weighted by Gasteiger charge is -2.34. The Hall–Kier alpha value is -3.70. The quantitative estimate of drug-likeness (QED) is 0.253. The van der Waals surface area contributed by atoms with Gasteiger partial charge in [-0.2, -0.15) is 0 Å². The van der Waals surface area contributed by atoms with Crippen LogP contribution in [0, 0.1) is 11.8 Å². The summed E-state index contributed by atoms with van der Waals surface area (Å²) in [5, 5.41) is 14.0. The van der Waals surface area contributed by atoms with Crippen molar-refractivity contribution in [1.82, 2.24) is 4.98 Å². The molecule has 3 aromatic carbocycles. The molecule has 38 heavy (non-hydrogen) atoms. The van der Waals surface area contributed by atoms with E-state index >= 15 is 0 Å². The predicted molar refractivity (Wildman–Crippen MR) is 151 cm³/mol. The molecule has 6 heteroatoms. The van der Waals surface area contributed by atoms with Crippen LogP contribution in [0.5, 0.6) is 0 Å². The summed E-state index contributed by atoms with van der Waals surface area (Å²) in [5.74, 6) is -0.317. The van der Waals surface area contributed by atoms with E-state index in [4.69, 9.17) is 16.7 Å². The Balaban J connectivity index is 1.33. The number of fused-ring (bicyclic) bond motifs is 1. The molecule has 4 aromatic rings. The molecule has 1 amide bonds. The fourth-order valence-corrected chi connectivity index (χ4v) is 5.90. The van der Waals surface area contributed by atoms with Crippen LogP contribution in [0.1, 0.15) is 48.3 Å². The molecule has 0 saturated heterocycles. The Morgan fingerprint density at radius 2 is 1.58 bits per heavy atom. The van der Waals surface area contributed by atoms with Crippen LogP contribution in [0.4, 0.5) is 5.69 Å². The highest BCUT2D eigenvalue weighted by atomic mass is 35.5. The van der Waals surface area contributed by atoms with E-state index in [-0.39, 0.29) is 24.2 Å². The van der Waals surface area contributed by atoms with Gasteiger partial charge in [0.2, 0.25) is 5.91 Å². The zero-order chi connectivity index (χ0) is 26.5. The summed E-state index contributed by atoms with van der Waals surface area (Å²) in [6.45, 7) is 0. The number of para-hydroxylation sites is 1. The molecule has 0 aliphatic heterocycles. The smallest absolute Gasteiger partial charge is 0.307 e. The van der Waals surface area contributed by atoms with Gasteiger partial charge in [0.15, 0.2) is 0 Å². The minimum atomic E-state index is -0.850. The number of halogens is 1. The van der Waals surface area contributed by atoms with Crippen molar-refractivity contribution in [3.63, 3.8) is 0 Å². The largest absolute Gasteiger partial charge is 0.481 e. The molecule has 0 radical (unpaired) electrons. The van der Waals surface area contributed by atoms with E-state index in [1.165, 1.54) is 10.9 Å². The summed E-state index contributed by atoms with van der Waals surface area (Å²) in [6.07, 6.45) is 6.50. The standard InChI is InChI=1S/C32H31ClN2O3/c33-25-13-15-26(16-14-25)35-32(38)29(19-21-5-7-22(8-6-21)20-31(36)37)24-11-9-23(10-12-24)27-17-18-34-30-4-2-1-3-28(27)30/h1-8,13-18,23-24,29H,9-12,19-20H2,(H,35,38)(H,36,37)/t23-,24-,29-/m1/s1. The molecule has 1 fully saturated rings. The first-order valence-electron chi connectivity index (χ1n) is 13.2. The van der Waals surface area contributed by atoms with E-state index in [9.17, 15) is 9.59 Å². The second-order valence-electron chi connectivity index (χ2n) is 10.2. The highest BCUT2D eigenvalue weighted by molar-refractivity contribution is 6.30. The van der Waals surface area contributed by atoms with Gasteiger partial charge in [-0.15, -0.1) is 0 Å². The van der Waals surface area contributed by atoms with E-state index in [0.717, 1.165) is 48.0 Å². The lowest BCUT2D eigenvalue weighted by atomic mass is 9.71. The summed E-state index contributed by atoms with van der Waals surface area (Å²) in [5.41, 5.74) is 4.91. The van der Waals surface area contributed by atoms with Gasteiger partial charge in [0.25, 0.3) is 0 Å². The first-order chi connectivity index (χ1) is 18.5. The van der Waals surface area contributed by atoms with Crippen LogP contribution >= 0.6 is 11.6 Å². The van der Waals surface area contributed by atoms with Gasteiger partial charge in [0, 0.05) is 28.2 Å². The maximum absolute atomic E-state index is 13.6. The Bertz CT molecular complexity index is 1410. The Kier molecular flexibility index (Phi) is 8.04. The van der Waals surface area contributed by atoms with Gasteiger partial charge in [0.05, 0.1) is 11.9 Å². The number of pyridine rings is 1. The van der Waals surface area contributed by atoms with Crippen LogP contribution in [0.25, 0.3) is 10.9 Å². The van der Waals surface area contributed by atoms with Crippen molar-refractivity contribution in [3.05, 3.63) is 107 Å². The number of carbonyl (C=O) groups is 2. The van der Waals surface area contributed by atoms with Gasteiger partial charge in [0.1, 0.15) is 0 Å². The Morgan fingerprint density at radius 1 is 0.895 bits per heavy atom. The third-order valence-electron chi connectivity index (χ3n) is 7.75. The van der Waals surface area contributed by atoms with Gasteiger partial charge in [-0.05, 0) is 97.0 Å². The van der Waals surface area contributed by atoms with Gasteiger partial charge in [-0.3, -0.25) is 14.6 Å². The molecule has 1 aromatic heterocycles. The maximum atomic E-state index is 13.6. The minimum absolute atomic E-state index is 0.00549. The van der Waals surface area contributed by atoms with Crippen molar-refractivity contribution in [3.8, 4) is 0 Å². The molecule has 5 nitrogen and oxygen atoms in total. The molecular formula is C32H31ClN2O3. The van der Waals surface area contributed by atoms with Crippen molar-refractivity contribution >= 4 is 40.1 Å². The average molecular weight is 527 g/mol. The summed E-state index contributed by atoms with van der Waals surface area (Å²) in [4.78, 5) is 29.2. The number of carboxylic acid groups (broad SMARTS) is 1. The summed E-state index contributed by atoms with van der Waals surface area (Å²) in [7, 11) is 0. The van der Waals surface area contributed by atoms with Crippen LogP contribution in [0.2, 0.25) is 5.02 Å². The van der Waals surface area contributed by atoms with E-state index in [0.29, 0.717) is 17.4 Å². The molecule has 1 heterocycles. The van der Waals surface area contributed by atoms with Crippen molar-refractivity contribution in [2.75, 3.05) is 5.32 Å². The number of anilines is 1. The number of carboxylic acids is 1. The number of aromatic nitrogens is 1. The number of nitrogens with one attached hydrogen (secondary N) is 1. The lowest BCUT2D eigenvalue weighted by molar-refractivity contribution is -0.136. The van der Waals surface area contributed by atoms with Crippen LogP contribution in [0.3, 0.4) is 0 Å². The third kappa shape index (κ3) is 6.22. The summed E-state index contributed by atoms with van der Waals surface area (Å²) in [6, 6.07) is 25.3. The van der Waals surface area contributed by atoms with Gasteiger partial charge in [-0.25, -0.2) is 0 Å². The number of benzene rings is 3. The summed E-state index contributed by atoms with van der Waals surface area (Å²) < 4.78 is 0. The molecule has 0 spiro atoms. The summed E-state index contributed by atoms with van der Waals surface area (Å²) >= 11 is 6.03. The highest BCUT2D eigenvalue weighted by Crippen LogP contribution is 2.41. The predicted octanol–water partition coefficient (Wildman–Crippen LogP) is 7.29. The number of hydrogen-bond acceptors (Lipinski definition) is 3. The molecule has 0 bridgehead atoms. The molecule has 0 unspecified atom stereocenters. The zero-order valence-electron chi connectivity index (χ0n) is 21.1. The monoisotopic (exact) mass is 526 g/mol. The molecule has 1 saturated carbocycles. The highest BCUT2D eigenvalue weighted by Gasteiger charge is 2.33.